The molecule has 0 spiro atoms. The summed E-state index contributed by atoms with van der Waals surface area (Å²) in [6, 6.07) is 6.68. The number of halogens is 2. The standard InChI is InChI=1S/C17H21ClN4O3.ClH/c18-13-3-1-12(2-4-13)16-21-14(25-22-16)5-8-20-17(23)15(19)11-6-9-24-10-7-11;/h1-4,11,15H,5-10,19H2,(H,20,23);1H. The van der Waals surface area contributed by atoms with Gasteiger partial charge in [0.1, 0.15) is 0 Å². The number of rotatable bonds is 6. The van der Waals surface area contributed by atoms with Gasteiger partial charge >= 0.3 is 0 Å². The van der Waals surface area contributed by atoms with Gasteiger partial charge in [-0.3, -0.25) is 4.79 Å². The average Bonchev–Trinajstić information content (AvgIpc) is 3.11. The summed E-state index contributed by atoms with van der Waals surface area (Å²) >= 11 is 5.86. The fraction of sp³-hybridized carbons (Fsp3) is 0.471. The minimum atomic E-state index is -0.504. The van der Waals surface area contributed by atoms with Crippen LogP contribution in [-0.2, 0) is 16.0 Å². The van der Waals surface area contributed by atoms with Crippen LogP contribution in [0.5, 0.6) is 0 Å². The summed E-state index contributed by atoms with van der Waals surface area (Å²) < 4.78 is 10.5. The topological polar surface area (TPSA) is 103 Å². The van der Waals surface area contributed by atoms with Crippen LogP contribution in [0.15, 0.2) is 28.8 Å². The molecule has 1 aliphatic rings. The number of hydrogen-bond acceptors (Lipinski definition) is 6. The van der Waals surface area contributed by atoms with Crippen molar-refractivity contribution in [3.05, 3.63) is 35.2 Å². The second kappa shape index (κ2) is 9.87. The summed E-state index contributed by atoms with van der Waals surface area (Å²) in [5, 5.41) is 7.43. The van der Waals surface area contributed by atoms with Gasteiger partial charge in [0, 0.05) is 36.8 Å². The number of nitrogens with zero attached hydrogens (tertiary/aromatic N) is 2. The maximum atomic E-state index is 12.1. The summed E-state index contributed by atoms with van der Waals surface area (Å²) in [7, 11) is 0. The number of aromatic nitrogens is 2. The molecule has 0 saturated carbocycles. The van der Waals surface area contributed by atoms with Gasteiger partial charge in [-0.05, 0) is 43.0 Å². The zero-order valence-electron chi connectivity index (χ0n) is 14.2. The van der Waals surface area contributed by atoms with E-state index in [-0.39, 0.29) is 24.2 Å². The minimum Gasteiger partial charge on any atom is -0.381 e. The molecule has 1 aromatic carbocycles. The quantitative estimate of drug-likeness (QED) is 0.770. The third kappa shape index (κ3) is 5.41. The SMILES string of the molecule is Cl.NC(C(=O)NCCc1nc(-c2ccc(Cl)cc2)no1)C1CCOCC1. The van der Waals surface area contributed by atoms with E-state index in [9.17, 15) is 4.79 Å². The maximum absolute atomic E-state index is 12.1. The monoisotopic (exact) mass is 400 g/mol. The molecule has 7 nitrogen and oxygen atoms in total. The summed E-state index contributed by atoms with van der Waals surface area (Å²) in [5.74, 6) is 0.986. The van der Waals surface area contributed by atoms with Crippen LogP contribution in [0.1, 0.15) is 18.7 Å². The predicted molar refractivity (Wildman–Crippen MR) is 100 cm³/mol. The van der Waals surface area contributed by atoms with E-state index in [0.717, 1.165) is 18.4 Å². The molecule has 0 aliphatic carbocycles. The van der Waals surface area contributed by atoms with Crippen LogP contribution in [-0.4, -0.2) is 41.8 Å². The molecule has 1 fully saturated rings. The number of nitrogens with two attached hydrogens (primary N) is 1. The molecule has 0 bridgehead atoms. The lowest BCUT2D eigenvalue weighted by Gasteiger charge is -2.26. The van der Waals surface area contributed by atoms with Crippen molar-refractivity contribution in [2.75, 3.05) is 19.8 Å². The van der Waals surface area contributed by atoms with Crippen molar-refractivity contribution in [1.82, 2.24) is 15.5 Å². The van der Waals surface area contributed by atoms with Crippen molar-refractivity contribution in [3.63, 3.8) is 0 Å². The van der Waals surface area contributed by atoms with Crippen LogP contribution in [0, 0.1) is 5.92 Å². The van der Waals surface area contributed by atoms with Gasteiger partial charge in [-0.2, -0.15) is 4.98 Å². The van der Waals surface area contributed by atoms with E-state index in [0.29, 0.717) is 42.9 Å². The first-order valence-electron chi connectivity index (χ1n) is 8.33. The molecule has 1 aliphatic heterocycles. The van der Waals surface area contributed by atoms with E-state index in [1.54, 1.807) is 12.1 Å². The van der Waals surface area contributed by atoms with Crippen molar-refractivity contribution in [1.29, 1.82) is 0 Å². The summed E-state index contributed by atoms with van der Waals surface area (Å²) in [6.07, 6.45) is 2.10. The van der Waals surface area contributed by atoms with Crippen LogP contribution < -0.4 is 11.1 Å². The lowest BCUT2D eigenvalue weighted by Crippen LogP contribution is -2.47. The van der Waals surface area contributed by atoms with E-state index in [1.165, 1.54) is 0 Å². The fourth-order valence-corrected chi connectivity index (χ4v) is 2.90. The van der Waals surface area contributed by atoms with Crippen LogP contribution >= 0.6 is 24.0 Å². The van der Waals surface area contributed by atoms with Crippen molar-refractivity contribution < 1.29 is 14.1 Å². The Morgan fingerprint density at radius 2 is 2.00 bits per heavy atom. The van der Waals surface area contributed by atoms with Crippen molar-refractivity contribution in [3.8, 4) is 11.4 Å². The molecule has 1 atom stereocenters. The van der Waals surface area contributed by atoms with Gasteiger partial charge < -0.3 is 20.3 Å². The molecule has 2 aromatic rings. The number of carbonyl (C=O) groups excluding carboxylic acids is 1. The van der Waals surface area contributed by atoms with E-state index < -0.39 is 6.04 Å². The van der Waals surface area contributed by atoms with Crippen LogP contribution in [0.25, 0.3) is 11.4 Å². The number of amides is 1. The van der Waals surface area contributed by atoms with Crippen molar-refractivity contribution in [2.24, 2.45) is 11.7 Å². The average molecular weight is 401 g/mol. The Kier molecular flexibility index (Phi) is 7.84. The molecule has 0 radical (unpaired) electrons. The van der Waals surface area contributed by atoms with E-state index >= 15 is 0 Å². The second-order valence-electron chi connectivity index (χ2n) is 6.04. The molecule has 9 heteroatoms. The number of hydrogen-bond donors (Lipinski definition) is 2. The molecule has 1 saturated heterocycles. The molecular formula is C17H22Cl2N4O3. The largest absolute Gasteiger partial charge is 0.381 e. The Balaban J connectivity index is 0.00000243. The van der Waals surface area contributed by atoms with Gasteiger partial charge in [-0.1, -0.05) is 16.8 Å². The summed E-state index contributed by atoms with van der Waals surface area (Å²) in [6.45, 7) is 1.74. The van der Waals surface area contributed by atoms with E-state index in [4.69, 9.17) is 26.6 Å². The number of benzene rings is 1. The van der Waals surface area contributed by atoms with E-state index in [2.05, 4.69) is 15.5 Å². The minimum absolute atomic E-state index is 0. The lowest BCUT2D eigenvalue weighted by molar-refractivity contribution is -0.124. The smallest absolute Gasteiger partial charge is 0.237 e. The third-order valence-corrected chi connectivity index (χ3v) is 4.54. The van der Waals surface area contributed by atoms with Crippen LogP contribution in [0.4, 0.5) is 0 Å². The Morgan fingerprint density at radius 1 is 1.31 bits per heavy atom. The molecule has 26 heavy (non-hydrogen) atoms. The Morgan fingerprint density at radius 3 is 2.69 bits per heavy atom. The molecule has 3 N–H and O–H groups in total. The normalized spacial score (nSPS) is 15.9. The highest BCUT2D eigenvalue weighted by molar-refractivity contribution is 6.30. The molecule has 2 heterocycles. The summed E-state index contributed by atoms with van der Waals surface area (Å²) in [4.78, 5) is 16.5. The number of carbonyl (C=O) groups is 1. The van der Waals surface area contributed by atoms with Crippen molar-refractivity contribution >= 4 is 29.9 Å². The lowest BCUT2D eigenvalue weighted by atomic mass is 9.92. The molecule has 1 amide bonds. The zero-order chi connectivity index (χ0) is 17.6. The first kappa shape index (κ1) is 20.6. The highest BCUT2D eigenvalue weighted by atomic mass is 35.5. The number of nitrogens with one attached hydrogen (secondary N) is 1. The van der Waals surface area contributed by atoms with Crippen LogP contribution in [0.2, 0.25) is 5.02 Å². The van der Waals surface area contributed by atoms with Gasteiger partial charge in [0.05, 0.1) is 6.04 Å². The van der Waals surface area contributed by atoms with Gasteiger partial charge in [0.2, 0.25) is 17.6 Å². The Labute approximate surface area is 163 Å². The van der Waals surface area contributed by atoms with Gasteiger partial charge in [-0.25, -0.2) is 0 Å². The van der Waals surface area contributed by atoms with Gasteiger partial charge in [0.25, 0.3) is 0 Å². The third-order valence-electron chi connectivity index (χ3n) is 4.29. The van der Waals surface area contributed by atoms with Crippen molar-refractivity contribution in [2.45, 2.75) is 25.3 Å². The highest BCUT2D eigenvalue weighted by Crippen LogP contribution is 2.19. The highest BCUT2D eigenvalue weighted by Gasteiger charge is 2.26. The summed E-state index contributed by atoms with van der Waals surface area (Å²) in [5.41, 5.74) is 6.86. The molecular weight excluding hydrogens is 379 g/mol. The Bertz CT molecular complexity index is 702. The van der Waals surface area contributed by atoms with Gasteiger partial charge in [0.15, 0.2) is 0 Å². The fourth-order valence-electron chi connectivity index (χ4n) is 2.77. The zero-order valence-corrected chi connectivity index (χ0v) is 15.8. The number of ether oxygens (including phenoxy) is 1. The first-order chi connectivity index (χ1) is 12.1. The Hall–Kier alpha value is -1.67. The molecule has 1 unspecified atom stereocenters. The molecule has 3 rings (SSSR count). The second-order valence-corrected chi connectivity index (χ2v) is 6.47. The van der Waals surface area contributed by atoms with E-state index in [1.807, 2.05) is 12.1 Å². The molecule has 1 aromatic heterocycles. The van der Waals surface area contributed by atoms with Gasteiger partial charge in [-0.15, -0.1) is 12.4 Å². The first-order valence-corrected chi connectivity index (χ1v) is 8.71. The maximum Gasteiger partial charge on any atom is 0.237 e. The predicted octanol–water partition coefficient (Wildman–Crippen LogP) is 2.22. The van der Waals surface area contributed by atoms with Crippen LogP contribution in [0.3, 0.4) is 0 Å². The molecule has 142 valence electrons.